The fourth-order valence-corrected chi connectivity index (χ4v) is 2.11. The van der Waals surface area contributed by atoms with Crippen LogP contribution in [0.5, 0.6) is 5.75 Å². The SMILES string of the molecule is CCNC(=NCc1ccc(OC)c(C(=O)OC)c1)NCCC(C)C.I. The van der Waals surface area contributed by atoms with Gasteiger partial charge in [-0.3, -0.25) is 0 Å². The maximum absolute atomic E-state index is 11.8. The Hall–Kier alpha value is -1.51. The molecule has 0 unspecified atom stereocenters. The Kier molecular flexibility index (Phi) is 12.0. The summed E-state index contributed by atoms with van der Waals surface area (Å²) in [4.78, 5) is 16.4. The Bertz CT molecular complexity index is 562. The first-order chi connectivity index (χ1) is 11.5. The Morgan fingerprint density at radius 3 is 2.52 bits per heavy atom. The molecular formula is C18H30IN3O3. The molecular weight excluding hydrogens is 433 g/mol. The van der Waals surface area contributed by atoms with Crippen LogP contribution in [-0.4, -0.2) is 39.2 Å². The van der Waals surface area contributed by atoms with E-state index in [4.69, 9.17) is 9.47 Å². The van der Waals surface area contributed by atoms with Crippen molar-refractivity contribution in [1.82, 2.24) is 10.6 Å². The minimum absolute atomic E-state index is 0. The highest BCUT2D eigenvalue weighted by Crippen LogP contribution is 2.21. The predicted molar refractivity (Wildman–Crippen MR) is 112 cm³/mol. The van der Waals surface area contributed by atoms with Crippen LogP contribution in [0.3, 0.4) is 0 Å². The molecule has 0 fully saturated rings. The number of ether oxygens (including phenoxy) is 2. The molecule has 0 aliphatic heterocycles. The minimum atomic E-state index is -0.417. The molecule has 0 amide bonds. The van der Waals surface area contributed by atoms with E-state index >= 15 is 0 Å². The number of benzene rings is 1. The number of aliphatic imine (C=N–C) groups is 1. The summed E-state index contributed by atoms with van der Waals surface area (Å²) < 4.78 is 10.00. The van der Waals surface area contributed by atoms with Gasteiger partial charge in [-0.05, 0) is 37.0 Å². The van der Waals surface area contributed by atoms with Crippen LogP contribution in [0.15, 0.2) is 23.2 Å². The molecule has 0 saturated carbocycles. The van der Waals surface area contributed by atoms with Crippen LogP contribution in [0.1, 0.15) is 43.1 Å². The molecule has 7 heteroatoms. The lowest BCUT2D eigenvalue weighted by Gasteiger charge is -2.13. The van der Waals surface area contributed by atoms with E-state index in [-0.39, 0.29) is 24.0 Å². The largest absolute Gasteiger partial charge is 0.496 e. The molecule has 0 radical (unpaired) electrons. The third-order valence-electron chi connectivity index (χ3n) is 3.45. The summed E-state index contributed by atoms with van der Waals surface area (Å²) in [7, 11) is 2.88. The molecule has 0 aromatic heterocycles. The van der Waals surface area contributed by atoms with E-state index in [2.05, 4.69) is 29.5 Å². The van der Waals surface area contributed by atoms with Gasteiger partial charge < -0.3 is 20.1 Å². The zero-order valence-electron chi connectivity index (χ0n) is 15.7. The number of hydrogen-bond donors (Lipinski definition) is 2. The molecule has 0 spiro atoms. The van der Waals surface area contributed by atoms with Gasteiger partial charge in [-0.2, -0.15) is 0 Å². The highest BCUT2D eigenvalue weighted by Gasteiger charge is 2.13. The van der Waals surface area contributed by atoms with Gasteiger partial charge in [0.15, 0.2) is 5.96 Å². The number of halogens is 1. The van der Waals surface area contributed by atoms with E-state index < -0.39 is 5.97 Å². The van der Waals surface area contributed by atoms with E-state index in [1.807, 2.05) is 13.0 Å². The molecule has 6 nitrogen and oxygen atoms in total. The first-order valence-corrected chi connectivity index (χ1v) is 8.29. The molecule has 142 valence electrons. The normalized spacial score (nSPS) is 10.9. The van der Waals surface area contributed by atoms with Crippen LogP contribution in [0.4, 0.5) is 0 Å². The quantitative estimate of drug-likeness (QED) is 0.268. The smallest absolute Gasteiger partial charge is 0.341 e. The molecule has 0 heterocycles. The lowest BCUT2D eigenvalue weighted by atomic mass is 10.1. The molecule has 1 rings (SSSR count). The lowest BCUT2D eigenvalue weighted by molar-refractivity contribution is 0.0597. The molecule has 2 N–H and O–H groups in total. The van der Waals surface area contributed by atoms with Crippen molar-refractivity contribution in [2.45, 2.75) is 33.7 Å². The number of carbonyl (C=O) groups excluding carboxylic acids is 1. The van der Waals surface area contributed by atoms with Gasteiger partial charge in [-0.25, -0.2) is 9.79 Å². The summed E-state index contributed by atoms with van der Waals surface area (Å²) in [5, 5.41) is 6.54. The van der Waals surface area contributed by atoms with Crippen molar-refractivity contribution in [3.63, 3.8) is 0 Å². The highest BCUT2D eigenvalue weighted by atomic mass is 127. The van der Waals surface area contributed by atoms with Crippen LogP contribution in [0, 0.1) is 5.92 Å². The van der Waals surface area contributed by atoms with Gasteiger partial charge in [-0.15, -0.1) is 24.0 Å². The van der Waals surface area contributed by atoms with E-state index in [0.29, 0.717) is 23.8 Å². The number of rotatable bonds is 8. The molecule has 25 heavy (non-hydrogen) atoms. The highest BCUT2D eigenvalue weighted by molar-refractivity contribution is 14.0. The number of hydrogen-bond acceptors (Lipinski definition) is 4. The van der Waals surface area contributed by atoms with Crippen LogP contribution in [0.2, 0.25) is 0 Å². The maximum Gasteiger partial charge on any atom is 0.341 e. The van der Waals surface area contributed by atoms with E-state index in [1.165, 1.54) is 14.2 Å². The van der Waals surface area contributed by atoms with Crippen molar-refractivity contribution in [3.8, 4) is 5.75 Å². The molecule has 1 aromatic rings. The Morgan fingerprint density at radius 1 is 1.24 bits per heavy atom. The Balaban J connectivity index is 0.00000576. The first kappa shape index (κ1) is 23.5. The van der Waals surface area contributed by atoms with Crippen LogP contribution >= 0.6 is 24.0 Å². The number of esters is 1. The minimum Gasteiger partial charge on any atom is -0.496 e. The third kappa shape index (κ3) is 8.42. The van der Waals surface area contributed by atoms with Gasteiger partial charge in [0.2, 0.25) is 0 Å². The molecule has 0 aliphatic rings. The van der Waals surface area contributed by atoms with E-state index in [1.54, 1.807) is 12.1 Å². The molecule has 0 saturated heterocycles. The van der Waals surface area contributed by atoms with Gasteiger partial charge in [-0.1, -0.05) is 19.9 Å². The average Bonchev–Trinajstić information content (AvgIpc) is 2.58. The fourth-order valence-electron chi connectivity index (χ4n) is 2.11. The van der Waals surface area contributed by atoms with Crippen molar-refractivity contribution >= 4 is 35.9 Å². The number of nitrogens with zero attached hydrogens (tertiary/aromatic N) is 1. The van der Waals surface area contributed by atoms with Crippen LogP contribution in [0.25, 0.3) is 0 Å². The van der Waals surface area contributed by atoms with Crippen molar-refractivity contribution in [2.24, 2.45) is 10.9 Å². The first-order valence-electron chi connectivity index (χ1n) is 8.29. The standard InChI is InChI=1S/C18H29N3O3.HI/c1-6-19-18(20-10-9-13(2)3)21-12-14-7-8-16(23-4)15(11-14)17(22)24-5;/h7-8,11,13H,6,9-10,12H2,1-5H3,(H2,19,20,21);1H. The average molecular weight is 463 g/mol. The summed E-state index contributed by atoms with van der Waals surface area (Å²) in [6.07, 6.45) is 1.08. The van der Waals surface area contributed by atoms with E-state index in [9.17, 15) is 4.79 Å². The number of nitrogens with one attached hydrogen (secondary N) is 2. The van der Waals surface area contributed by atoms with Crippen LogP contribution < -0.4 is 15.4 Å². The second kappa shape index (κ2) is 12.8. The van der Waals surface area contributed by atoms with Crippen LogP contribution in [-0.2, 0) is 11.3 Å². The lowest BCUT2D eigenvalue weighted by Crippen LogP contribution is -2.38. The molecule has 0 bridgehead atoms. The molecule has 0 aliphatic carbocycles. The zero-order chi connectivity index (χ0) is 17.9. The summed E-state index contributed by atoms with van der Waals surface area (Å²) in [6.45, 7) is 8.55. The van der Waals surface area contributed by atoms with Crippen molar-refractivity contribution in [1.29, 1.82) is 0 Å². The maximum atomic E-state index is 11.8. The molecule has 0 atom stereocenters. The number of methoxy groups -OCH3 is 2. The summed E-state index contributed by atoms with van der Waals surface area (Å²) >= 11 is 0. The zero-order valence-corrected chi connectivity index (χ0v) is 18.0. The van der Waals surface area contributed by atoms with Crippen molar-refractivity contribution in [3.05, 3.63) is 29.3 Å². The topological polar surface area (TPSA) is 72.0 Å². The van der Waals surface area contributed by atoms with Crippen molar-refractivity contribution in [2.75, 3.05) is 27.3 Å². The number of carbonyl (C=O) groups is 1. The number of guanidine groups is 1. The van der Waals surface area contributed by atoms with Gasteiger partial charge in [0.1, 0.15) is 11.3 Å². The second-order valence-electron chi connectivity index (χ2n) is 5.83. The fraction of sp³-hybridized carbons (Fsp3) is 0.556. The summed E-state index contributed by atoms with van der Waals surface area (Å²) in [5.41, 5.74) is 1.32. The van der Waals surface area contributed by atoms with Gasteiger partial charge in [0.25, 0.3) is 0 Å². The van der Waals surface area contributed by atoms with Crippen molar-refractivity contribution < 1.29 is 14.3 Å². The molecule has 1 aromatic carbocycles. The van der Waals surface area contributed by atoms with E-state index in [0.717, 1.165) is 31.0 Å². The second-order valence-corrected chi connectivity index (χ2v) is 5.83. The summed E-state index contributed by atoms with van der Waals surface area (Å²) in [5.74, 6) is 1.49. The Morgan fingerprint density at radius 2 is 1.96 bits per heavy atom. The van der Waals surface area contributed by atoms with Gasteiger partial charge in [0, 0.05) is 13.1 Å². The monoisotopic (exact) mass is 463 g/mol. The van der Waals surface area contributed by atoms with Gasteiger partial charge in [0.05, 0.1) is 20.8 Å². The van der Waals surface area contributed by atoms with Gasteiger partial charge >= 0.3 is 5.97 Å². The Labute approximate surface area is 167 Å². The third-order valence-corrected chi connectivity index (χ3v) is 3.45. The predicted octanol–water partition coefficient (Wildman–Crippen LogP) is 3.20. The summed E-state index contributed by atoms with van der Waals surface area (Å²) in [6, 6.07) is 5.41.